The first-order valence-electron chi connectivity index (χ1n) is 7.87. The minimum absolute atomic E-state index is 0. The molecule has 5 nitrogen and oxygen atoms in total. The number of unbranched alkanes of at least 4 members (excludes halogenated alkanes) is 1. The maximum atomic E-state index is 5.83. The normalized spacial score (nSPS) is 11.1. The van der Waals surface area contributed by atoms with Crippen LogP contribution >= 0.6 is 24.0 Å². The third-order valence-electron chi connectivity index (χ3n) is 3.45. The van der Waals surface area contributed by atoms with Crippen molar-refractivity contribution in [3.05, 3.63) is 54.1 Å². The molecule has 0 aliphatic rings. The fraction of sp³-hybridized carbons (Fsp3) is 0.412. The summed E-state index contributed by atoms with van der Waals surface area (Å²) in [5.41, 5.74) is 7.10. The summed E-state index contributed by atoms with van der Waals surface area (Å²) in [6.45, 7) is 4.52. The maximum Gasteiger partial charge on any atom is 0.188 e. The second-order valence-electron chi connectivity index (χ2n) is 5.25. The highest BCUT2D eigenvalue weighted by atomic mass is 127. The molecule has 0 radical (unpaired) electrons. The van der Waals surface area contributed by atoms with Gasteiger partial charge in [-0.1, -0.05) is 43.7 Å². The maximum absolute atomic E-state index is 5.83. The summed E-state index contributed by atoms with van der Waals surface area (Å²) in [6, 6.07) is 10.4. The lowest BCUT2D eigenvalue weighted by Gasteiger charge is -2.09. The van der Waals surface area contributed by atoms with Crippen LogP contribution in [-0.2, 0) is 13.0 Å². The molecule has 0 spiro atoms. The molecular weight excluding hydrogens is 401 g/mol. The van der Waals surface area contributed by atoms with Crippen molar-refractivity contribution in [2.75, 3.05) is 13.1 Å². The van der Waals surface area contributed by atoms with Crippen LogP contribution in [0.15, 0.2) is 47.7 Å². The molecule has 1 aromatic carbocycles. The van der Waals surface area contributed by atoms with Crippen LogP contribution in [0, 0.1) is 0 Å². The molecule has 0 fully saturated rings. The molecule has 0 unspecified atom stereocenters. The van der Waals surface area contributed by atoms with Crippen molar-refractivity contribution in [1.82, 2.24) is 14.9 Å². The molecule has 2 aromatic rings. The molecule has 1 aromatic heterocycles. The SMILES string of the molecule is CCCCN=C(N)NCCc1nccn1Cc1ccccc1.I. The summed E-state index contributed by atoms with van der Waals surface area (Å²) in [6.07, 6.45) is 6.89. The fourth-order valence-corrected chi connectivity index (χ4v) is 2.21. The number of nitrogens with two attached hydrogens (primary N) is 1. The van der Waals surface area contributed by atoms with Crippen molar-refractivity contribution in [2.24, 2.45) is 10.7 Å². The minimum Gasteiger partial charge on any atom is -0.370 e. The van der Waals surface area contributed by atoms with E-state index in [0.29, 0.717) is 5.96 Å². The Bertz CT molecular complexity index is 580. The van der Waals surface area contributed by atoms with Gasteiger partial charge in [0.15, 0.2) is 5.96 Å². The Balaban J connectivity index is 0.00000264. The average Bonchev–Trinajstić information content (AvgIpc) is 2.96. The summed E-state index contributed by atoms with van der Waals surface area (Å²) >= 11 is 0. The van der Waals surface area contributed by atoms with Gasteiger partial charge in [0.2, 0.25) is 0 Å². The lowest BCUT2D eigenvalue weighted by atomic mass is 10.2. The molecule has 2 rings (SSSR count). The number of aromatic nitrogens is 2. The van der Waals surface area contributed by atoms with Gasteiger partial charge in [0.1, 0.15) is 5.82 Å². The quantitative estimate of drug-likeness (QED) is 0.295. The molecular formula is C17H26IN5. The van der Waals surface area contributed by atoms with E-state index >= 15 is 0 Å². The molecule has 0 saturated carbocycles. The van der Waals surface area contributed by atoms with Gasteiger partial charge in [0.05, 0.1) is 0 Å². The van der Waals surface area contributed by atoms with Gasteiger partial charge in [-0.2, -0.15) is 0 Å². The minimum atomic E-state index is 0. The van der Waals surface area contributed by atoms with E-state index in [0.717, 1.165) is 44.7 Å². The van der Waals surface area contributed by atoms with Crippen LogP contribution in [0.2, 0.25) is 0 Å². The van der Waals surface area contributed by atoms with Crippen molar-refractivity contribution >= 4 is 29.9 Å². The number of imidazole rings is 1. The van der Waals surface area contributed by atoms with Crippen LogP contribution < -0.4 is 11.1 Å². The summed E-state index contributed by atoms with van der Waals surface area (Å²) in [7, 11) is 0. The number of nitrogens with one attached hydrogen (secondary N) is 1. The van der Waals surface area contributed by atoms with E-state index in [4.69, 9.17) is 5.73 Å². The van der Waals surface area contributed by atoms with Crippen molar-refractivity contribution in [3.8, 4) is 0 Å². The molecule has 0 bridgehead atoms. The highest BCUT2D eigenvalue weighted by molar-refractivity contribution is 14.0. The number of hydrogen-bond donors (Lipinski definition) is 2. The van der Waals surface area contributed by atoms with Gasteiger partial charge in [-0.3, -0.25) is 4.99 Å². The van der Waals surface area contributed by atoms with E-state index in [1.165, 1.54) is 5.56 Å². The fourth-order valence-electron chi connectivity index (χ4n) is 2.21. The number of rotatable bonds is 8. The number of hydrogen-bond acceptors (Lipinski definition) is 2. The topological polar surface area (TPSA) is 68.2 Å². The van der Waals surface area contributed by atoms with Crippen molar-refractivity contribution in [1.29, 1.82) is 0 Å². The molecule has 0 aliphatic carbocycles. The Morgan fingerprint density at radius 3 is 2.83 bits per heavy atom. The second-order valence-corrected chi connectivity index (χ2v) is 5.25. The van der Waals surface area contributed by atoms with Gasteiger partial charge in [-0.05, 0) is 12.0 Å². The highest BCUT2D eigenvalue weighted by Crippen LogP contribution is 2.05. The van der Waals surface area contributed by atoms with Crippen molar-refractivity contribution in [2.45, 2.75) is 32.7 Å². The van der Waals surface area contributed by atoms with Crippen LogP contribution in [0.1, 0.15) is 31.2 Å². The smallest absolute Gasteiger partial charge is 0.188 e. The Kier molecular flexibility index (Phi) is 9.35. The first-order valence-corrected chi connectivity index (χ1v) is 7.87. The zero-order valence-corrected chi connectivity index (χ0v) is 15.9. The third-order valence-corrected chi connectivity index (χ3v) is 3.45. The van der Waals surface area contributed by atoms with Gasteiger partial charge in [-0.15, -0.1) is 24.0 Å². The average molecular weight is 427 g/mol. The lowest BCUT2D eigenvalue weighted by molar-refractivity contribution is 0.699. The van der Waals surface area contributed by atoms with Crippen LogP contribution in [-0.4, -0.2) is 28.6 Å². The molecule has 0 aliphatic heterocycles. The summed E-state index contributed by atoms with van der Waals surface area (Å²) in [5, 5.41) is 3.15. The van der Waals surface area contributed by atoms with E-state index in [2.05, 4.69) is 51.0 Å². The molecule has 126 valence electrons. The molecule has 0 saturated heterocycles. The number of guanidine groups is 1. The summed E-state index contributed by atoms with van der Waals surface area (Å²) in [5.74, 6) is 1.58. The highest BCUT2D eigenvalue weighted by Gasteiger charge is 2.03. The predicted octanol–water partition coefficient (Wildman–Crippen LogP) is 2.80. The predicted molar refractivity (Wildman–Crippen MR) is 106 cm³/mol. The van der Waals surface area contributed by atoms with E-state index < -0.39 is 0 Å². The monoisotopic (exact) mass is 427 g/mol. The van der Waals surface area contributed by atoms with E-state index in [9.17, 15) is 0 Å². The van der Waals surface area contributed by atoms with E-state index in [1.54, 1.807) is 0 Å². The molecule has 23 heavy (non-hydrogen) atoms. The van der Waals surface area contributed by atoms with Gasteiger partial charge in [-0.25, -0.2) is 4.98 Å². The Morgan fingerprint density at radius 2 is 2.09 bits per heavy atom. The third kappa shape index (κ3) is 7.02. The molecule has 1 heterocycles. The first-order chi connectivity index (χ1) is 10.8. The lowest BCUT2D eigenvalue weighted by Crippen LogP contribution is -2.33. The largest absolute Gasteiger partial charge is 0.370 e. The van der Waals surface area contributed by atoms with Crippen molar-refractivity contribution in [3.63, 3.8) is 0 Å². The van der Waals surface area contributed by atoms with Crippen LogP contribution in [0.5, 0.6) is 0 Å². The number of benzene rings is 1. The van der Waals surface area contributed by atoms with Gasteiger partial charge < -0.3 is 15.6 Å². The summed E-state index contributed by atoms with van der Waals surface area (Å²) in [4.78, 5) is 8.71. The molecule has 6 heteroatoms. The van der Waals surface area contributed by atoms with E-state index in [1.807, 2.05) is 18.5 Å². The van der Waals surface area contributed by atoms with Gasteiger partial charge in [0, 0.05) is 38.4 Å². The van der Waals surface area contributed by atoms with Crippen LogP contribution in [0.25, 0.3) is 0 Å². The second kappa shape index (κ2) is 11.0. The standard InChI is InChI=1S/C17H25N5.HI/c1-2-3-10-20-17(18)21-11-9-16-19-12-13-22(16)14-15-7-5-4-6-8-15;/h4-8,12-13H,2-3,9-11,14H2,1H3,(H3,18,20,21);1H. The zero-order chi connectivity index (χ0) is 15.6. The summed E-state index contributed by atoms with van der Waals surface area (Å²) < 4.78 is 2.17. The number of halogens is 1. The zero-order valence-electron chi connectivity index (χ0n) is 13.6. The van der Waals surface area contributed by atoms with Crippen LogP contribution in [0.3, 0.4) is 0 Å². The molecule has 0 amide bonds. The van der Waals surface area contributed by atoms with Crippen LogP contribution in [0.4, 0.5) is 0 Å². The Labute approximate surface area is 155 Å². The van der Waals surface area contributed by atoms with Gasteiger partial charge in [0.25, 0.3) is 0 Å². The van der Waals surface area contributed by atoms with Gasteiger partial charge >= 0.3 is 0 Å². The number of nitrogens with zero attached hydrogens (tertiary/aromatic N) is 3. The number of aliphatic imine (C=N–C) groups is 1. The Hall–Kier alpha value is -1.57. The van der Waals surface area contributed by atoms with Crippen molar-refractivity contribution < 1.29 is 0 Å². The molecule has 3 N–H and O–H groups in total. The first kappa shape index (κ1) is 19.5. The Morgan fingerprint density at radius 1 is 1.30 bits per heavy atom. The van der Waals surface area contributed by atoms with E-state index in [-0.39, 0.29) is 24.0 Å². The molecule has 0 atom stereocenters.